The lowest BCUT2D eigenvalue weighted by Crippen LogP contribution is -2.35. The summed E-state index contributed by atoms with van der Waals surface area (Å²) in [5.41, 5.74) is 8.78. The highest BCUT2D eigenvalue weighted by atomic mass is 15.2. The maximum Gasteiger partial charge on any atom is 0.0405 e. The summed E-state index contributed by atoms with van der Waals surface area (Å²) in [5.74, 6) is 1.43. The minimum absolute atomic E-state index is 0.627. The fourth-order valence-electron chi connectivity index (χ4n) is 3.47. The molecule has 0 aromatic heterocycles. The topological polar surface area (TPSA) is 29.3 Å². The van der Waals surface area contributed by atoms with Crippen molar-refractivity contribution in [1.29, 1.82) is 0 Å². The first-order valence-electron chi connectivity index (χ1n) is 8.26. The molecule has 20 heavy (non-hydrogen) atoms. The van der Waals surface area contributed by atoms with Crippen molar-refractivity contribution < 1.29 is 0 Å². The largest absolute Gasteiger partial charge is 0.368 e. The first kappa shape index (κ1) is 15.4. The van der Waals surface area contributed by atoms with Crippen LogP contribution in [0.15, 0.2) is 24.3 Å². The number of anilines is 1. The highest BCUT2D eigenvalue weighted by Gasteiger charge is 2.31. The number of hydrogen-bond donors (Lipinski definition) is 1. The van der Waals surface area contributed by atoms with Crippen molar-refractivity contribution in [3.8, 4) is 0 Å². The summed E-state index contributed by atoms with van der Waals surface area (Å²) in [7, 11) is 0. The molecule has 112 valence electrons. The second-order valence-electron chi connectivity index (χ2n) is 6.30. The molecule has 0 amide bonds. The third kappa shape index (κ3) is 3.17. The molecule has 1 aromatic carbocycles. The van der Waals surface area contributed by atoms with Gasteiger partial charge in [-0.1, -0.05) is 45.4 Å². The molecule has 2 heteroatoms. The first-order valence-corrected chi connectivity index (χ1v) is 8.26. The number of para-hydroxylation sites is 1. The number of nitrogens with two attached hydrogens (primary N) is 1. The summed E-state index contributed by atoms with van der Waals surface area (Å²) in [6, 6.07) is 9.61. The first-order chi connectivity index (χ1) is 9.71. The Labute approximate surface area is 124 Å². The van der Waals surface area contributed by atoms with Crippen LogP contribution in [-0.2, 0) is 0 Å². The molecule has 0 radical (unpaired) electrons. The second-order valence-corrected chi connectivity index (χ2v) is 6.30. The summed E-state index contributed by atoms with van der Waals surface area (Å²) < 4.78 is 0. The van der Waals surface area contributed by atoms with Crippen LogP contribution in [0, 0.1) is 5.92 Å². The zero-order valence-electron chi connectivity index (χ0n) is 13.3. The number of benzene rings is 1. The van der Waals surface area contributed by atoms with E-state index in [1.54, 1.807) is 0 Å². The summed E-state index contributed by atoms with van der Waals surface area (Å²) in [4.78, 5) is 2.65. The molecule has 2 nitrogen and oxygen atoms in total. The maximum atomic E-state index is 5.80. The van der Waals surface area contributed by atoms with Crippen LogP contribution in [0.1, 0.15) is 57.9 Å². The summed E-state index contributed by atoms with van der Waals surface area (Å²) in [6.07, 6.45) is 4.91. The molecule has 0 saturated carbocycles. The van der Waals surface area contributed by atoms with E-state index in [2.05, 4.69) is 49.9 Å². The summed E-state index contributed by atoms with van der Waals surface area (Å²) in [6.45, 7) is 8.95. The van der Waals surface area contributed by atoms with Gasteiger partial charge in [0.05, 0.1) is 0 Å². The zero-order valence-corrected chi connectivity index (χ0v) is 13.3. The van der Waals surface area contributed by atoms with Crippen molar-refractivity contribution >= 4 is 5.69 Å². The minimum atomic E-state index is 0.627. The van der Waals surface area contributed by atoms with Gasteiger partial charge in [-0.25, -0.2) is 0 Å². The van der Waals surface area contributed by atoms with E-state index in [1.165, 1.54) is 30.5 Å². The molecular formula is C18H30N2. The van der Waals surface area contributed by atoms with Crippen molar-refractivity contribution in [3.05, 3.63) is 29.8 Å². The van der Waals surface area contributed by atoms with Crippen molar-refractivity contribution in [2.75, 3.05) is 18.0 Å². The number of hydrogen-bond acceptors (Lipinski definition) is 2. The van der Waals surface area contributed by atoms with E-state index in [4.69, 9.17) is 5.73 Å². The molecule has 3 atom stereocenters. The van der Waals surface area contributed by atoms with Crippen molar-refractivity contribution in [1.82, 2.24) is 0 Å². The highest BCUT2D eigenvalue weighted by Crippen LogP contribution is 2.40. The lowest BCUT2D eigenvalue weighted by atomic mass is 9.96. The highest BCUT2D eigenvalue weighted by molar-refractivity contribution is 5.60. The van der Waals surface area contributed by atoms with Crippen LogP contribution in [0.25, 0.3) is 0 Å². The van der Waals surface area contributed by atoms with Gasteiger partial charge in [0.25, 0.3) is 0 Å². The Hall–Kier alpha value is -1.02. The Kier molecular flexibility index (Phi) is 5.47. The van der Waals surface area contributed by atoms with Gasteiger partial charge in [-0.05, 0) is 43.4 Å². The number of nitrogens with zero attached hydrogens (tertiary/aromatic N) is 1. The van der Waals surface area contributed by atoms with Gasteiger partial charge in [-0.2, -0.15) is 0 Å². The van der Waals surface area contributed by atoms with Crippen LogP contribution in [0.4, 0.5) is 5.69 Å². The van der Waals surface area contributed by atoms with Crippen molar-refractivity contribution in [2.45, 2.75) is 58.4 Å². The molecule has 1 aliphatic rings. The van der Waals surface area contributed by atoms with Gasteiger partial charge < -0.3 is 10.6 Å². The Morgan fingerprint density at radius 2 is 2.00 bits per heavy atom. The Balaban J connectivity index is 2.19. The average molecular weight is 274 g/mol. The SMILES string of the molecule is CCC(C)CC(CC)N1CC(CCN)c2ccccc21. The third-order valence-electron chi connectivity index (χ3n) is 4.90. The van der Waals surface area contributed by atoms with E-state index in [0.717, 1.165) is 25.4 Å². The van der Waals surface area contributed by atoms with Crippen LogP contribution in [0.5, 0.6) is 0 Å². The van der Waals surface area contributed by atoms with Gasteiger partial charge in [0.1, 0.15) is 0 Å². The van der Waals surface area contributed by atoms with Crippen molar-refractivity contribution in [3.63, 3.8) is 0 Å². The van der Waals surface area contributed by atoms with E-state index in [9.17, 15) is 0 Å². The van der Waals surface area contributed by atoms with Crippen LogP contribution in [0.3, 0.4) is 0 Å². The van der Waals surface area contributed by atoms with Crippen molar-refractivity contribution in [2.24, 2.45) is 11.7 Å². The number of rotatable bonds is 7. The molecular weight excluding hydrogens is 244 g/mol. The average Bonchev–Trinajstić information content (AvgIpc) is 2.84. The van der Waals surface area contributed by atoms with Gasteiger partial charge in [0.15, 0.2) is 0 Å². The predicted octanol–water partition coefficient (Wildman–Crippen LogP) is 4.15. The monoisotopic (exact) mass is 274 g/mol. The fraction of sp³-hybridized carbons (Fsp3) is 0.667. The number of fused-ring (bicyclic) bond motifs is 1. The normalized spacial score (nSPS) is 20.8. The molecule has 2 rings (SSSR count). The lowest BCUT2D eigenvalue weighted by Gasteiger charge is -2.32. The molecule has 1 heterocycles. The standard InChI is InChI=1S/C18H30N2/c1-4-14(3)12-16(5-2)20-13-15(10-11-19)17-8-6-7-9-18(17)20/h6-9,14-16H,4-5,10-13,19H2,1-3H3. The third-order valence-corrected chi connectivity index (χ3v) is 4.90. The van der Waals surface area contributed by atoms with Crippen LogP contribution in [0.2, 0.25) is 0 Å². The predicted molar refractivity (Wildman–Crippen MR) is 88.4 cm³/mol. The second kappa shape index (κ2) is 7.12. The van der Waals surface area contributed by atoms with Gasteiger partial charge in [-0.3, -0.25) is 0 Å². The van der Waals surface area contributed by atoms with Gasteiger partial charge in [-0.15, -0.1) is 0 Å². The summed E-state index contributed by atoms with van der Waals surface area (Å²) >= 11 is 0. The fourth-order valence-corrected chi connectivity index (χ4v) is 3.47. The lowest BCUT2D eigenvalue weighted by molar-refractivity contribution is 0.421. The van der Waals surface area contributed by atoms with E-state index < -0.39 is 0 Å². The molecule has 0 spiro atoms. The molecule has 2 N–H and O–H groups in total. The Bertz CT molecular complexity index is 416. The Morgan fingerprint density at radius 1 is 1.25 bits per heavy atom. The Morgan fingerprint density at radius 3 is 2.65 bits per heavy atom. The molecule has 0 bridgehead atoms. The zero-order chi connectivity index (χ0) is 14.5. The van der Waals surface area contributed by atoms with E-state index in [0.29, 0.717) is 12.0 Å². The molecule has 0 aliphatic carbocycles. The van der Waals surface area contributed by atoms with Crippen LogP contribution >= 0.6 is 0 Å². The van der Waals surface area contributed by atoms with E-state index >= 15 is 0 Å². The molecule has 1 aromatic rings. The minimum Gasteiger partial charge on any atom is -0.368 e. The smallest absolute Gasteiger partial charge is 0.0405 e. The molecule has 1 aliphatic heterocycles. The van der Waals surface area contributed by atoms with E-state index in [-0.39, 0.29) is 0 Å². The van der Waals surface area contributed by atoms with Gasteiger partial charge in [0, 0.05) is 24.2 Å². The quantitative estimate of drug-likeness (QED) is 0.809. The van der Waals surface area contributed by atoms with Crippen LogP contribution < -0.4 is 10.6 Å². The molecule has 3 unspecified atom stereocenters. The molecule has 0 fully saturated rings. The van der Waals surface area contributed by atoms with Gasteiger partial charge >= 0.3 is 0 Å². The molecule has 0 saturated heterocycles. The van der Waals surface area contributed by atoms with E-state index in [1.807, 2.05) is 0 Å². The van der Waals surface area contributed by atoms with Crippen LogP contribution in [-0.4, -0.2) is 19.1 Å². The summed E-state index contributed by atoms with van der Waals surface area (Å²) in [5, 5.41) is 0. The maximum absolute atomic E-state index is 5.80. The van der Waals surface area contributed by atoms with Gasteiger partial charge in [0.2, 0.25) is 0 Å².